The van der Waals surface area contributed by atoms with E-state index in [1.54, 1.807) is 18.7 Å². The summed E-state index contributed by atoms with van der Waals surface area (Å²) >= 11 is 0. The summed E-state index contributed by atoms with van der Waals surface area (Å²) in [5.74, 6) is -0.555. The standard InChI is InChI=1S/C23H21NO3/c1-23(2)24(20(22(26)27-23)15-16-9-4-3-5-10-16)21(25)19-14-8-12-17-11-6-7-13-18(17)19/h3-14,20H,15H2,1-2H3/t20-/m0/s1. The normalized spacial score (nSPS) is 18.5. The summed E-state index contributed by atoms with van der Waals surface area (Å²) in [6.07, 6.45) is 0.430. The fourth-order valence-electron chi connectivity index (χ4n) is 3.78. The molecule has 0 radical (unpaired) electrons. The van der Waals surface area contributed by atoms with E-state index in [1.807, 2.05) is 72.8 Å². The van der Waals surface area contributed by atoms with Crippen molar-refractivity contribution >= 4 is 22.6 Å². The van der Waals surface area contributed by atoms with Gasteiger partial charge < -0.3 is 4.74 Å². The molecule has 0 bridgehead atoms. The molecule has 1 amide bonds. The van der Waals surface area contributed by atoms with E-state index < -0.39 is 11.8 Å². The van der Waals surface area contributed by atoms with Gasteiger partial charge in [-0.05, 0) is 36.2 Å². The lowest BCUT2D eigenvalue weighted by atomic mass is 10.00. The maximum Gasteiger partial charge on any atom is 0.331 e. The lowest BCUT2D eigenvalue weighted by Gasteiger charge is -2.32. The van der Waals surface area contributed by atoms with E-state index in [9.17, 15) is 9.59 Å². The summed E-state index contributed by atoms with van der Waals surface area (Å²) in [5.41, 5.74) is 0.579. The van der Waals surface area contributed by atoms with Crippen molar-refractivity contribution in [2.24, 2.45) is 0 Å². The number of fused-ring (bicyclic) bond motifs is 1. The Balaban J connectivity index is 1.76. The molecule has 1 aliphatic rings. The van der Waals surface area contributed by atoms with Crippen LogP contribution in [0.3, 0.4) is 0 Å². The highest BCUT2D eigenvalue weighted by Crippen LogP contribution is 2.33. The average molecular weight is 359 g/mol. The summed E-state index contributed by atoms with van der Waals surface area (Å²) in [4.78, 5) is 27.7. The van der Waals surface area contributed by atoms with Gasteiger partial charge in [0.05, 0.1) is 0 Å². The fraction of sp³-hybridized carbons (Fsp3) is 0.217. The molecule has 1 saturated heterocycles. The van der Waals surface area contributed by atoms with E-state index in [0.29, 0.717) is 12.0 Å². The zero-order chi connectivity index (χ0) is 19.0. The number of rotatable bonds is 3. The molecule has 136 valence electrons. The molecule has 4 nitrogen and oxygen atoms in total. The molecule has 1 atom stereocenters. The van der Waals surface area contributed by atoms with Gasteiger partial charge in [0.15, 0.2) is 5.72 Å². The summed E-state index contributed by atoms with van der Waals surface area (Å²) in [7, 11) is 0. The van der Waals surface area contributed by atoms with Crippen molar-refractivity contribution in [3.63, 3.8) is 0 Å². The summed E-state index contributed by atoms with van der Waals surface area (Å²) in [6.45, 7) is 3.53. The first-order valence-corrected chi connectivity index (χ1v) is 9.05. The predicted octanol–water partition coefficient (Wildman–Crippen LogP) is 4.19. The second-order valence-corrected chi connectivity index (χ2v) is 7.28. The molecular weight excluding hydrogens is 338 g/mol. The first kappa shape index (κ1) is 17.3. The van der Waals surface area contributed by atoms with Gasteiger partial charge >= 0.3 is 5.97 Å². The first-order chi connectivity index (χ1) is 13.0. The van der Waals surface area contributed by atoms with Crippen LogP contribution in [0.15, 0.2) is 72.8 Å². The van der Waals surface area contributed by atoms with Crippen molar-refractivity contribution < 1.29 is 14.3 Å². The molecule has 0 spiro atoms. The van der Waals surface area contributed by atoms with E-state index in [1.165, 1.54) is 0 Å². The second kappa shape index (κ2) is 6.54. The molecule has 1 fully saturated rings. The number of carbonyl (C=O) groups excluding carboxylic acids is 2. The van der Waals surface area contributed by atoms with Crippen molar-refractivity contribution in [1.82, 2.24) is 4.90 Å². The quantitative estimate of drug-likeness (QED) is 0.659. The highest BCUT2D eigenvalue weighted by atomic mass is 16.6. The van der Waals surface area contributed by atoms with Crippen LogP contribution in [-0.2, 0) is 16.0 Å². The van der Waals surface area contributed by atoms with Gasteiger partial charge in [-0.1, -0.05) is 66.7 Å². The van der Waals surface area contributed by atoms with Gasteiger partial charge in [0, 0.05) is 12.0 Å². The zero-order valence-corrected chi connectivity index (χ0v) is 15.4. The minimum absolute atomic E-state index is 0.191. The monoisotopic (exact) mass is 359 g/mol. The van der Waals surface area contributed by atoms with Crippen molar-refractivity contribution in [3.8, 4) is 0 Å². The summed E-state index contributed by atoms with van der Waals surface area (Å²) in [5, 5.41) is 1.87. The van der Waals surface area contributed by atoms with Crippen LogP contribution in [0.2, 0.25) is 0 Å². The lowest BCUT2D eigenvalue weighted by molar-refractivity contribution is -0.148. The number of benzene rings is 3. The largest absolute Gasteiger partial charge is 0.438 e. The van der Waals surface area contributed by atoms with Crippen LogP contribution in [0.5, 0.6) is 0 Å². The second-order valence-electron chi connectivity index (χ2n) is 7.28. The SMILES string of the molecule is CC1(C)OC(=O)[C@H](Cc2ccccc2)N1C(=O)c1cccc2ccccc12. The molecule has 4 heteroatoms. The molecule has 1 heterocycles. The van der Waals surface area contributed by atoms with E-state index >= 15 is 0 Å². The Morgan fingerprint density at radius 2 is 1.63 bits per heavy atom. The van der Waals surface area contributed by atoms with Crippen molar-refractivity contribution in [1.29, 1.82) is 0 Å². The molecule has 3 aromatic carbocycles. The Labute approximate surface area is 158 Å². The van der Waals surface area contributed by atoms with Crippen molar-refractivity contribution in [2.75, 3.05) is 0 Å². The zero-order valence-electron chi connectivity index (χ0n) is 15.4. The Bertz CT molecular complexity index is 1010. The Morgan fingerprint density at radius 3 is 2.41 bits per heavy atom. The number of ether oxygens (including phenoxy) is 1. The maximum absolute atomic E-state index is 13.5. The van der Waals surface area contributed by atoms with E-state index in [2.05, 4.69) is 0 Å². The van der Waals surface area contributed by atoms with Crippen LogP contribution in [0.25, 0.3) is 10.8 Å². The summed E-state index contributed by atoms with van der Waals surface area (Å²) in [6, 6.07) is 22.5. The smallest absolute Gasteiger partial charge is 0.331 e. The van der Waals surface area contributed by atoms with Crippen LogP contribution in [0, 0.1) is 0 Å². The van der Waals surface area contributed by atoms with Crippen LogP contribution in [-0.4, -0.2) is 28.5 Å². The minimum Gasteiger partial charge on any atom is -0.438 e. The Kier molecular flexibility index (Phi) is 4.19. The summed E-state index contributed by atoms with van der Waals surface area (Å²) < 4.78 is 5.57. The van der Waals surface area contributed by atoms with Crippen LogP contribution in [0.1, 0.15) is 29.8 Å². The van der Waals surface area contributed by atoms with Gasteiger partial charge in [0.1, 0.15) is 6.04 Å². The Morgan fingerprint density at radius 1 is 0.963 bits per heavy atom. The van der Waals surface area contributed by atoms with Crippen molar-refractivity contribution in [3.05, 3.63) is 83.9 Å². The molecule has 27 heavy (non-hydrogen) atoms. The van der Waals surface area contributed by atoms with Gasteiger partial charge in [-0.15, -0.1) is 0 Å². The molecule has 3 aromatic rings. The average Bonchev–Trinajstić information content (AvgIpc) is 2.89. The number of amides is 1. The highest BCUT2D eigenvalue weighted by molar-refractivity contribution is 6.08. The number of cyclic esters (lactones) is 1. The number of hydrogen-bond acceptors (Lipinski definition) is 3. The third-order valence-corrected chi connectivity index (χ3v) is 5.02. The van der Waals surface area contributed by atoms with E-state index in [4.69, 9.17) is 4.74 Å². The molecule has 0 saturated carbocycles. The van der Waals surface area contributed by atoms with Gasteiger partial charge in [-0.25, -0.2) is 4.79 Å². The number of nitrogens with zero attached hydrogens (tertiary/aromatic N) is 1. The maximum atomic E-state index is 13.5. The van der Waals surface area contributed by atoms with Gasteiger partial charge in [-0.3, -0.25) is 9.69 Å². The van der Waals surface area contributed by atoms with E-state index in [0.717, 1.165) is 16.3 Å². The van der Waals surface area contributed by atoms with Crippen LogP contribution < -0.4 is 0 Å². The number of hydrogen-bond donors (Lipinski definition) is 0. The predicted molar refractivity (Wildman–Crippen MR) is 104 cm³/mol. The topological polar surface area (TPSA) is 46.6 Å². The molecule has 4 rings (SSSR count). The third-order valence-electron chi connectivity index (χ3n) is 5.02. The minimum atomic E-state index is -0.995. The fourth-order valence-corrected chi connectivity index (χ4v) is 3.78. The number of carbonyl (C=O) groups is 2. The van der Waals surface area contributed by atoms with Crippen molar-refractivity contribution in [2.45, 2.75) is 32.0 Å². The van der Waals surface area contributed by atoms with Crippen LogP contribution >= 0.6 is 0 Å². The molecular formula is C23H21NO3. The molecule has 0 N–H and O–H groups in total. The third kappa shape index (κ3) is 3.08. The lowest BCUT2D eigenvalue weighted by Crippen LogP contribution is -2.49. The number of esters is 1. The molecule has 1 aliphatic heterocycles. The molecule has 0 unspecified atom stereocenters. The van der Waals surface area contributed by atoms with Gasteiger partial charge in [-0.2, -0.15) is 0 Å². The highest BCUT2D eigenvalue weighted by Gasteiger charge is 2.50. The van der Waals surface area contributed by atoms with E-state index in [-0.39, 0.29) is 11.9 Å². The van der Waals surface area contributed by atoms with Crippen LogP contribution in [0.4, 0.5) is 0 Å². The van der Waals surface area contributed by atoms with Gasteiger partial charge in [0.2, 0.25) is 0 Å². The first-order valence-electron chi connectivity index (χ1n) is 9.05. The molecule has 0 aromatic heterocycles. The molecule has 0 aliphatic carbocycles. The van der Waals surface area contributed by atoms with Gasteiger partial charge in [0.25, 0.3) is 5.91 Å². The Hall–Kier alpha value is -3.14.